The molecule has 0 atom stereocenters. The lowest BCUT2D eigenvalue weighted by Crippen LogP contribution is -2.19. The molecule has 0 spiro atoms. The van der Waals surface area contributed by atoms with Crippen molar-refractivity contribution in [1.29, 1.82) is 0 Å². The van der Waals surface area contributed by atoms with E-state index in [1.165, 1.54) is 0 Å². The average molecular weight is 310 g/mol. The van der Waals surface area contributed by atoms with Crippen LogP contribution in [0, 0.1) is 0 Å². The molecule has 19 heavy (non-hydrogen) atoms. The fourth-order valence-corrected chi connectivity index (χ4v) is 1.84. The molecule has 0 unspecified atom stereocenters. The Morgan fingerprint density at radius 3 is 2.74 bits per heavy atom. The molecule has 1 rings (SSSR count). The van der Waals surface area contributed by atoms with Gasteiger partial charge >= 0.3 is 6.01 Å². The molecule has 0 aliphatic rings. The molecule has 0 saturated carbocycles. The summed E-state index contributed by atoms with van der Waals surface area (Å²) < 4.78 is 26.7. The second-order valence-corrected chi connectivity index (χ2v) is 5.78. The van der Waals surface area contributed by atoms with Crippen molar-refractivity contribution in [2.45, 2.75) is 19.8 Å². The number of nitrogens with zero attached hydrogens (tertiary/aromatic N) is 3. The predicted molar refractivity (Wildman–Crippen MR) is 71.7 cm³/mol. The maximum absolute atomic E-state index is 10.7. The summed E-state index contributed by atoms with van der Waals surface area (Å²) in [5.41, 5.74) is 0. The molecular formula is C9H16ClN5O3S. The largest absolute Gasteiger partial charge is 0.463 e. The van der Waals surface area contributed by atoms with Gasteiger partial charge in [-0.25, -0.2) is 13.6 Å². The second-order valence-electron chi connectivity index (χ2n) is 3.71. The van der Waals surface area contributed by atoms with Crippen LogP contribution in [0.15, 0.2) is 0 Å². The highest BCUT2D eigenvalue weighted by atomic mass is 35.5. The monoisotopic (exact) mass is 309 g/mol. The van der Waals surface area contributed by atoms with Crippen molar-refractivity contribution < 1.29 is 13.2 Å². The van der Waals surface area contributed by atoms with E-state index in [0.29, 0.717) is 19.6 Å². The van der Waals surface area contributed by atoms with Crippen LogP contribution in [0.4, 0.5) is 5.95 Å². The molecule has 0 saturated heterocycles. The number of aromatic nitrogens is 3. The number of nitrogens with one attached hydrogen (secondary N) is 1. The first-order valence-corrected chi connectivity index (χ1v) is 7.79. The Bertz CT molecular complexity index is 511. The molecule has 0 aliphatic carbocycles. The third-order valence-corrected chi connectivity index (χ3v) is 2.94. The second kappa shape index (κ2) is 7.41. The van der Waals surface area contributed by atoms with Crippen LogP contribution in [0.25, 0.3) is 0 Å². The van der Waals surface area contributed by atoms with E-state index in [9.17, 15) is 8.42 Å². The summed E-state index contributed by atoms with van der Waals surface area (Å²) in [7, 11) is -3.45. The minimum absolute atomic E-state index is 0.00931. The lowest BCUT2D eigenvalue weighted by atomic mass is 10.5. The maximum Gasteiger partial charge on any atom is 0.322 e. The molecular weight excluding hydrogens is 294 g/mol. The van der Waals surface area contributed by atoms with Gasteiger partial charge in [-0.3, -0.25) is 0 Å². The van der Waals surface area contributed by atoms with Crippen LogP contribution in [0.5, 0.6) is 6.01 Å². The Morgan fingerprint density at radius 2 is 2.11 bits per heavy atom. The van der Waals surface area contributed by atoms with Crippen molar-refractivity contribution in [3.8, 4) is 6.01 Å². The first-order chi connectivity index (χ1) is 8.90. The standard InChI is InChI=1S/C9H16ClN5O3S/c1-2-5-18-9-14-7(10)13-8(15-9)12-4-3-6-19(11,16)17/h2-6H2,1H3,(H2,11,16,17)(H,12,13,14,15). The molecule has 1 aromatic rings. The molecule has 1 heterocycles. The minimum atomic E-state index is -3.45. The topological polar surface area (TPSA) is 120 Å². The molecule has 0 aromatic carbocycles. The molecule has 0 radical (unpaired) electrons. The van der Waals surface area contributed by atoms with E-state index in [2.05, 4.69) is 20.3 Å². The lowest BCUT2D eigenvalue weighted by molar-refractivity contribution is 0.291. The van der Waals surface area contributed by atoms with Gasteiger partial charge in [0.15, 0.2) is 0 Å². The first kappa shape index (κ1) is 15.9. The van der Waals surface area contributed by atoms with Gasteiger partial charge in [0.25, 0.3) is 0 Å². The summed E-state index contributed by atoms with van der Waals surface area (Å²) in [5, 5.41) is 7.72. The van der Waals surface area contributed by atoms with E-state index in [0.717, 1.165) is 6.42 Å². The summed E-state index contributed by atoms with van der Waals surface area (Å²) in [4.78, 5) is 11.6. The Hall–Kier alpha value is -1.19. The van der Waals surface area contributed by atoms with Gasteiger partial charge in [-0.15, -0.1) is 0 Å². The number of primary sulfonamides is 1. The van der Waals surface area contributed by atoms with Gasteiger partial charge in [0.1, 0.15) is 0 Å². The van der Waals surface area contributed by atoms with Crippen LogP contribution >= 0.6 is 11.6 Å². The van der Waals surface area contributed by atoms with Gasteiger partial charge in [-0.2, -0.15) is 15.0 Å². The third kappa shape index (κ3) is 7.09. The summed E-state index contributed by atoms with van der Waals surface area (Å²) in [6.07, 6.45) is 1.16. The normalized spacial score (nSPS) is 11.3. The smallest absolute Gasteiger partial charge is 0.322 e. The Labute approximate surface area is 116 Å². The van der Waals surface area contributed by atoms with Crippen LogP contribution in [-0.2, 0) is 10.0 Å². The molecule has 10 heteroatoms. The zero-order valence-corrected chi connectivity index (χ0v) is 12.0. The number of nitrogens with two attached hydrogens (primary N) is 1. The highest BCUT2D eigenvalue weighted by Crippen LogP contribution is 2.11. The van der Waals surface area contributed by atoms with E-state index < -0.39 is 10.0 Å². The maximum atomic E-state index is 10.7. The fraction of sp³-hybridized carbons (Fsp3) is 0.667. The number of hydrogen-bond donors (Lipinski definition) is 2. The van der Waals surface area contributed by atoms with Crippen molar-refractivity contribution in [2.75, 3.05) is 24.2 Å². The number of hydrogen-bond acceptors (Lipinski definition) is 7. The van der Waals surface area contributed by atoms with Gasteiger partial charge in [-0.05, 0) is 24.4 Å². The quantitative estimate of drug-likeness (QED) is 0.667. The zero-order chi connectivity index (χ0) is 14.3. The van der Waals surface area contributed by atoms with E-state index >= 15 is 0 Å². The van der Waals surface area contributed by atoms with Crippen molar-refractivity contribution >= 4 is 27.6 Å². The van der Waals surface area contributed by atoms with Gasteiger partial charge in [0.05, 0.1) is 12.4 Å². The van der Waals surface area contributed by atoms with E-state index in [1.807, 2.05) is 6.92 Å². The fourth-order valence-electron chi connectivity index (χ4n) is 1.14. The molecule has 3 N–H and O–H groups in total. The van der Waals surface area contributed by atoms with Crippen molar-refractivity contribution in [3.63, 3.8) is 0 Å². The number of ether oxygens (including phenoxy) is 1. The number of rotatable bonds is 8. The highest BCUT2D eigenvalue weighted by Gasteiger charge is 2.06. The third-order valence-electron chi connectivity index (χ3n) is 1.91. The molecule has 1 aromatic heterocycles. The lowest BCUT2D eigenvalue weighted by Gasteiger charge is -2.06. The number of sulfonamides is 1. The van der Waals surface area contributed by atoms with Crippen molar-refractivity contribution in [2.24, 2.45) is 5.14 Å². The van der Waals surface area contributed by atoms with Crippen LogP contribution in [0.3, 0.4) is 0 Å². The van der Waals surface area contributed by atoms with Crippen LogP contribution < -0.4 is 15.2 Å². The van der Waals surface area contributed by atoms with Crippen LogP contribution in [-0.4, -0.2) is 42.3 Å². The molecule has 108 valence electrons. The Balaban J connectivity index is 2.51. The van der Waals surface area contributed by atoms with Gasteiger partial charge in [-0.1, -0.05) is 6.92 Å². The van der Waals surface area contributed by atoms with E-state index in [1.54, 1.807) is 0 Å². The molecule has 0 fully saturated rings. The predicted octanol–water partition coefficient (Wildman–Crippen LogP) is 0.404. The number of halogens is 1. The van der Waals surface area contributed by atoms with Crippen molar-refractivity contribution in [3.05, 3.63) is 5.28 Å². The Morgan fingerprint density at radius 1 is 1.37 bits per heavy atom. The summed E-state index contributed by atoms with van der Waals surface area (Å²) in [6, 6.07) is 0.135. The van der Waals surface area contributed by atoms with E-state index in [-0.39, 0.29) is 23.0 Å². The highest BCUT2D eigenvalue weighted by molar-refractivity contribution is 7.89. The molecule has 8 nitrogen and oxygen atoms in total. The molecule has 0 amide bonds. The van der Waals surface area contributed by atoms with E-state index in [4.69, 9.17) is 21.5 Å². The van der Waals surface area contributed by atoms with Crippen molar-refractivity contribution in [1.82, 2.24) is 15.0 Å². The molecule has 0 aliphatic heterocycles. The first-order valence-electron chi connectivity index (χ1n) is 5.69. The van der Waals surface area contributed by atoms with Gasteiger partial charge < -0.3 is 10.1 Å². The number of anilines is 1. The molecule has 0 bridgehead atoms. The minimum Gasteiger partial charge on any atom is -0.463 e. The van der Waals surface area contributed by atoms with Gasteiger partial charge in [0, 0.05) is 6.54 Å². The Kier molecular flexibility index (Phi) is 6.19. The van der Waals surface area contributed by atoms with Crippen LogP contribution in [0.1, 0.15) is 19.8 Å². The SMILES string of the molecule is CCCOc1nc(Cl)nc(NCCCS(N)(=O)=O)n1. The summed E-state index contributed by atoms with van der Waals surface area (Å²) in [6.45, 7) is 2.78. The average Bonchev–Trinajstić information content (AvgIpc) is 2.30. The zero-order valence-electron chi connectivity index (χ0n) is 10.5. The van der Waals surface area contributed by atoms with Gasteiger partial charge in [0.2, 0.25) is 21.3 Å². The van der Waals surface area contributed by atoms with Crippen LogP contribution in [0.2, 0.25) is 5.28 Å². The summed E-state index contributed by atoms with van der Waals surface area (Å²) in [5.74, 6) is 0.124. The summed E-state index contributed by atoms with van der Waals surface area (Å²) >= 11 is 5.72.